The highest BCUT2D eigenvalue weighted by molar-refractivity contribution is 7.89. The molecular formula is C17H16N4O4S3. The number of ether oxygens (including phenoxy) is 1. The molecule has 0 radical (unpaired) electrons. The number of carbonyl (C=O) groups excluding carboxylic acids is 1. The Kier molecular flexibility index (Phi) is 5.51. The van der Waals surface area contributed by atoms with Gasteiger partial charge in [0.25, 0.3) is 5.91 Å². The van der Waals surface area contributed by atoms with Gasteiger partial charge in [0, 0.05) is 18.7 Å². The summed E-state index contributed by atoms with van der Waals surface area (Å²) in [5.74, 6) is -0.516. The van der Waals surface area contributed by atoms with Crippen molar-refractivity contribution in [2.45, 2.75) is 4.90 Å². The van der Waals surface area contributed by atoms with E-state index in [9.17, 15) is 13.2 Å². The van der Waals surface area contributed by atoms with Gasteiger partial charge in [0.15, 0.2) is 0 Å². The number of carbonyl (C=O) groups is 1. The second-order valence-corrected chi connectivity index (χ2v) is 9.66. The maximum atomic E-state index is 12.9. The smallest absolute Gasteiger partial charge is 0.268 e. The summed E-state index contributed by atoms with van der Waals surface area (Å²) in [6.45, 7) is 1.24. The monoisotopic (exact) mass is 436 g/mol. The van der Waals surface area contributed by atoms with Gasteiger partial charge in [0.2, 0.25) is 15.2 Å². The standard InChI is InChI=1S/C17H16N4O4S3/c22-15(18-17-20-19-16(27-17)12-4-2-1-3-5-12)14-13(6-11-26-14)28(23,24)21-7-9-25-10-8-21/h1-6,11H,7-10H2,(H,18,20,22). The molecule has 28 heavy (non-hydrogen) atoms. The lowest BCUT2D eigenvalue weighted by atomic mass is 10.2. The van der Waals surface area contributed by atoms with Crippen LogP contribution >= 0.6 is 22.7 Å². The third-order valence-electron chi connectivity index (χ3n) is 4.09. The minimum atomic E-state index is -3.75. The van der Waals surface area contributed by atoms with Crippen molar-refractivity contribution >= 4 is 43.7 Å². The predicted molar refractivity (Wildman–Crippen MR) is 107 cm³/mol. The van der Waals surface area contributed by atoms with Crippen LogP contribution in [-0.2, 0) is 14.8 Å². The first kappa shape index (κ1) is 19.2. The molecule has 3 aromatic rings. The van der Waals surface area contributed by atoms with Gasteiger partial charge in [-0.15, -0.1) is 21.5 Å². The fourth-order valence-electron chi connectivity index (χ4n) is 2.72. The summed E-state index contributed by atoms with van der Waals surface area (Å²) in [5.41, 5.74) is 0.896. The van der Waals surface area contributed by atoms with Crippen molar-refractivity contribution in [1.29, 1.82) is 0 Å². The number of morpholine rings is 1. The van der Waals surface area contributed by atoms with Crippen molar-refractivity contribution in [3.05, 3.63) is 46.7 Å². The summed E-state index contributed by atoms with van der Waals surface area (Å²) < 4.78 is 32.3. The lowest BCUT2D eigenvalue weighted by molar-refractivity contribution is 0.0730. The fraction of sp³-hybridized carbons (Fsp3) is 0.235. The lowest BCUT2D eigenvalue weighted by Gasteiger charge is -2.25. The van der Waals surface area contributed by atoms with E-state index in [1.165, 1.54) is 21.7 Å². The van der Waals surface area contributed by atoms with Crippen LogP contribution < -0.4 is 5.32 Å². The normalized spacial score (nSPS) is 15.4. The van der Waals surface area contributed by atoms with Crippen LogP contribution in [0, 0.1) is 0 Å². The van der Waals surface area contributed by atoms with Crippen LogP contribution in [0.2, 0.25) is 0 Å². The van der Waals surface area contributed by atoms with E-state index in [1.54, 1.807) is 5.38 Å². The first-order valence-electron chi connectivity index (χ1n) is 8.41. The zero-order chi connectivity index (χ0) is 19.6. The molecule has 1 amide bonds. The molecule has 1 aliphatic heterocycles. The number of hydrogen-bond acceptors (Lipinski definition) is 8. The Hall–Kier alpha value is -2.18. The number of amides is 1. The van der Waals surface area contributed by atoms with E-state index in [0.717, 1.165) is 16.9 Å². The molecule has 1 N–H and O–H groups in total. The minimum absolute atomic E-state index is 0.00435. The van der Waals surface area contributed by atoms with E-state index < -0.39 is 15.9 Å². The van der Waals surface area contributed by atoms with Gasteiger partial charge in [0.1, 0.15) is 14.8 Å². The van der Waals surface area contributed by atoms with Crippen molar-refractivity contribution in [2.24, 2.45) is 0 Å². The molecule has 1 fully saturated rings. The first-order valence-corrected chi connectivity index (χ1v) is 11.5. The Balaban J connectivity index is 1.54. The summed E-state index contributed by atoms with van der Waals surface area (Å²) >= 11 is 2.31. The number of anilines is 1. The van der Waals surface area contributed by atoms with Crippen LogP contribution in [0.1, 0.15) is 9.67 Å². The van der Waals surface area contributed by atoms with Crippen molar-refractivity contribution < 1.29 is 17.9 Å². The van der Waals surface area contributed by atoms with E-state index >= 15 is 0 Å². The minimum Gasteiger partial charge on any atom is -0.379 e. The Labute approximate surface area is 169 Å². The number of thiophene rings is 1. The van der Waals surface area contributed by atoms with Crippen LogP contribution in [-0.4, -0.2) is 55.1 Å². The van der Waals surface area contributed by atoms with Crippen LogP contribution in [0.25, 0.3) is 10.6 Å². The topological polar surface area (TPSA) is 101 Å². The summed E-state index contributed by atoms with van der Waals surface area (Å²) in [5, 5.41) is 13.3. The van der Waals surface area contributed by atoms with Crippen LogP contribution in [0.15, 0.2) is 46.7 Å². The van der Waals surface area contributed by atoms with Gasteiger partial charge in [-0.1, -0.05) is 41.7 Å². The van der Waals surface area contributed by atoms with E-state index in [4.69, 9.17) is 4.74 Å². The second-order valence-electron chi connectivity index (χ2n) is 5.86. The molecule has 3 heterocycles. The molecular weight excluding hydrogens is 420 g/mol. The number of nitrogens with one attached hydrogen (secondary N) is 1. The first-order chi connectivity index (χ1) is 13.6. The lowest BCUT2D eigenvalue weighted by Crippen LogP contribution is -2.41. The molecule has 0 unspecified atom stereocenters. The second kappa shape index (κ2) is 8.05. The fourth-order valence-corrected chi connectivity index (χ4v) is 6.17. The predicted octanol–water partition coefficient (Wildman–Crippen LogP) is 2.54. The molecule has 1 saturated heterocycles. The molecule has 0 saturated carbocycles. The Morgan fingerprint density at radius 2 is 1.86 bits per heavy atom. The molecule has 0 bridgehead atoms. The van der Waals surface area contributed by atoms with E-state index in [0.29, 0.717) is 23.4 Å². The molecule has 2 aromatic heterocycles. The van der Waals surface area contributed by atoms with Gasteiger partial charge >= 0.3 is 0 Å². The van der Waals surface area contributed by atoms with Crippen molar-refractivity contribution in [3.8, 4) is 10.6 Å². The van der Waals surface area contributed by atoms with Crippen molar-refractivity contribution in [1.82, 2.24) is 14.5 Å². The zero-order valence-corrected chi connectivity index (χ0v) is 17.0. The van der Waals surface area contributed by atoms with Gasteiger partial charge in [-0.2, -0.15) is 4.31 Å². The Morgan fingerprint density at radius 1 is 1.11 bits per heavy atom. The van der Waals surface area contributed by atoms with Gasteiger partial charge < -0.3 is 4.74 Å². The number of sulfonamides is 1. The van der Waals surface area contributed by atoms with Crippen LogP contribution in [0.4, 0.5) is 5.13 Å². The molecule has 0 spiro atoms. The molecule has 1 aliphatic rings. The zero-order valence-electron chi connectivity index (χ0n) is 14.6. The SMILES string of the molecule is O=C(Nc1nnc(-c2ccccc2)s1)c1sccc1S(=O)(=O)N1CCOCC1. The summed E-state index contributed by atoms with van der Waals surface area (Å²) in [7, 11) is -3.75. The summed E-state index contributed by atoms with van der Waals surface area (Å²) in [6.07, 6.45) is 0. The maximum Gasteiger partial charge on any atom is 0.268 e. The third kappa shape index (κ3) is 3.84. The molecule has 0 aliphatic carbocycles. The van der Waals surface area contributed by atoms with Gasteiger partial charge in [-0.3, -0.25) is 10.1 Å². The van der Waals surface area contributed by atoms with Crippen LogP contribution in [0.3, 0.4) is 0 Å². The number of aromatic nitrogens is 2. The molecule has 11 heteroatoms. The Morgan fingerprint density at radius 3 is 2.61 bits per heavy atom. The van der Waals surface area contributed by atoms with Crippen molar-refractivity contribution in [3.63, 3.8) is 0 Å². The van der Waals surface area contributed by atoms with Crippen molar-refractivity contribution in [2.75, 3.05) is 31.6 Å². The van der Waals surface area contributed by atoms with Gasteiger partial charge in [0.05, 0.1) is 13.2 Å². The quantitative estimate of drug-likeness (QED) is 0.660. The summed E-state index contributed by atoms with van der Waals surface area (Å²) in [4.78, 5) is 12.8. The highest BCUT2D eigenvalue weighted by Crippen LogP contribution is 2.29. The third-order valence-corrected chi connectivity index (χ3v) is 7.96. The molecule has 4 rings (SSSR count). The number of hydrogen-bond donors (Lipinski definition) is 1. The molecule has 8 nitrogen and oxygen atoms in total. The average molecular weight is 437 g/mol. The average Bonchev–Trinajstić information content (AvgIpc) is 3.39. The van der Waals surface area contributed by atoms with Gasteiger partial charge in [-0.05, 0) is 11.4 Å². The van der Waals surface area contributed by atoms with E-state index in [1.807, 2.05) is 30.3 Å². The number of benzene rings is 1. The van der Waals surface area contributed by atoms with E-state index in [-0.39, 0.29) is 22.9 Å². The van der Waals surface area contributed by atoms with Gasteiger partial charge in [-0.25, -0.2) is 8.42 Å². The molecule has 0 atom stereocenters. The van der Waals surface area contributed by atoms with Crippen LogP contribution in [0.5, 0.6) is 0 Å². The molecule has 1 aromatic carbocycles. The summed E-state index contributed by atoms with van der Waals surface area (Å²) in [6, 6.07) is 10.9. The Bertz CT molecular complexity index is 1070. The highest BCUT2D eigenvalue weighted by Gasteiger charge is 2.31. The van der Waals surface area contributed by atoms with E-state index in [2.05, 4.69) is 15.5 Å². The maximum absolute atomic E-state index is 12.9. The largest absolute Gasteiger partial charge is 0.379 e. The molecule has 146 valence electrons. The number of rotatable bonds is 5. The highest BCUT2D eigenvalue weighted by atomic mass is 32.2. The number of nitrogens with zero attached hydrogens (tertiary/aromatic N) is 3.